The average Bonchev–Trinajstić information content (AvgIpc) is 3.18. The van der Waals surface area contributed by atoms with Crippen molar-refractivity contribution in [1.29, 1.82) is 0 Å². The zero-order chi connectivity index (χ0) is 17.6. The number of carbonyl (C=O) groups is 1. The molecule has 3 heterocycles. The van der Waals surface area contributed by atoms with Crippen molar-refractivity contribution in [3.8, 4) is 5.88 Å². The first-order chi connectivity index (χ1) is 12.0. The third kappa shape index (κ3) is 2.71. The number of ether oxygens (including phenoxy) is 1. The molecule has 4 rings (SSSR count). The van der Waals surface area contributed by atoms with Crippen LogP contribution in [0.15, 0.2) is 16.5 Å². The molecule has 0 bridgehead atoms. The Hall–Kier alpha value is -2.96. The van der Waals surface area contributed by atoms with Crippen LogP contribution in [0.5, 0.6) is 5.88 Å². The molecule has 1 amide bonds. The second-order valence-corrected chi connectivity index (χ2v) is 6.17. The van der Waals surface area contributed by atoms with Gasteiger partial charge in [0, 0.05) is 5.69 Å². The minimum absolute atomic E-state index is 0.201. The predicted octanol–water partition coefficient (Wildman–Crippen LogP) is 2.98. The minimum atomic E-state index is -0.346. The van der Waals surface area contributed by atoms with E-state index in [1.165, 1.54) is 7.11 Å². The second-order valence-electron chi connectivity index (χ2n) is 6.17. The van der Waals surface area contributed by atoms with E-state index in [1.54, 1.807) is 0 Å². The van der Waals surface area contributed by atoms with Gasteiger partial charge in [0.2, 0.25) is 17.5 Å². The highest BCUT2D eigenvalue weighted by molar-refractivity contribution is 6.05. The largest absolute Gasteiger partial charge is 0.480 e. The van der Waals surface area contributed by atoms with Crippen LogP contribution in [0.3, 0.4) is 0 Å². The van der Waals surface area contributed by atoms with Crippen molar-refractivity contribution in [3.63, 3.8) is 0 Å². The first-order valence-corrected chi connectivity index (χ1v) is 8.18. The molecule has 1 aliphatic carbocycles. The van der Waals surface area contributed by atoms with Crippen molar-refractivity contribution in [1.82, 2.24) is 15.0 Å². The Labute approximate surface area is 144 Å². The lowest BCUT2D eigenvalue weighted by atomic mass is 10.1. The number of carbonyl (C=O) groups excluding carboxylic acids is 1. The molecule has 7 nitrogen and oxygen atoms in total. The maximum Gasteiger partial charge on any atom is 0.263 e. The molecule has 3 aromatic rings. The molecule has 128 valence electrons. The number of nitrogens with one attached hydrogen (secondary N) is 1. The van der Waals surface area contributed by atoms with Gasteiger partial charge in [-0.1, -0.05) is 0 Å². The summed E-state index contributed by atoms with van der Waals surface area (Å²) < 4.78 is 10.8. The predicted molar refractivity (Wildman–Crippen MR) is 92.0 cm³/mol. The van der Waals surface area contributed by atoms with Crippen LogP contribution in [0.25, 0.3) is 11.1 Å². The van der Waals surface area contributed by atoms with Gasteiger partial charge in [-0.25, -0.2) is 9.97 Å². The standard InChI is InChI=1S/C18H18N4O3/c1-9-7-12-10(2)19-18(22-17(12)25-9)21-15(23)13-8-11-5-4-6-14(11)20-16(13)24-3/h7-8H,4-6H2,1-3H3,(H,19,21,22,23). The number of methoxy groups -OCH3 is 1. The SMILES string of the molecule is COc1nc2c(cc1C(=O)Nc1nc(C)c3cc(C)oc3n1)CCC2. The third-order valence-corrected chi connectivity index (χ3v) is 4.39. The molecule has 3 aromatic heterocycles. The Morgan fingerprint density at radius 1 is 1.20 bits per heavy atom. The van der Waals surface area contributed by atoms with Crippen molar-refractivity contribution >= 4 is 23.0 Å². The molecular weight excluding hydrogens is 320 g/mol. The molecule has 0 radical (unpaired) electrons. The summed E-state index contributed by atoms with van der Waals surface area (Å²) in [4.78, 5) is 25.8. The third-order valence-electron chi connectivity index (χ3n) is 4.39. The van der Waals surface area contributed by atoms with Crippen molar-refractivity contribution < 1.29 is 13.9 Å². The number of hydrogen-bond acceptors (Lipinski definition) is 6. The topological polar surface area (TPSA) is 90.1 Å². The quantitative estimate of drug-likeness (QED) is 0.789. The first kappa shape index (κ1) is 15.6. The summed E-state index contributed by atoms with van der Waals surface area (Å²) in [6.45, 7) is 3.70. The lowest BCUT2D eigenvalue weighted by molar-refractivity contribution is 0.102. The minimum Gasteiger partial charge on any atom is -0.480 e. The van der Waals surface area contributed by atoms with Crippen LogP contribution in [-0.4, -0.2) is 28.0 Å². The fraction of sp³-hybridized carbons (Fsp3) is 0.333. The number of anilines is 1. The van der Waals surface area contributed by atoms with Crippen LogP contribution in [0, 0.1) is 13.8 Å². The lowest BCUT2D eigenvalue weighted by Gasteiger charge is -2.10. The van der Waals surface area contributed by atoms with Gasteiger partial charge in [-0.3, -0.25) is 10.1 Å². The highest BCUT2D eigenvalue weighted by Crippen LogP contribution is 2.27. The van der Waals surface area contributed by atoms with Gasteiger partial charge >= 0.3 is 0 Å². The van der Waals surface area contributed by atoms with Gasteiger partial charge in [0.15, 0.2) is 0 Å². The normalized spacial score (nSPS) is 13.1. The van der Waals surface area contributed by atoms with E-state index in [0.717, 1.165) is 47.4 Å². The molecule has 25 heavy (non-hydrogen) atoms. The van der Waals surface area contributed by atoms with E-state index in [-0.39, 0.29) is 11.9 Å². The fourth-order valence-corrected chi connectivity index (χ4v) is 3.18. The van der Waals surface area contributed by atoms with Crippen molar-refractivity contribution in [2.75, 3.05) is 12.4 Å². The fourth-order valence-electron chi connectivity index (χ4n) is 3.18. The van der Waals surface area contributed by atoms with Crippen molar-refractivity contribution in [2.24, 2.45) is 0 Å². The number of fused-ring (bicyclic) bond motifs is 2. The van der Waals surface area contributed by atoms with E-state index < -0.39 is 0 Å². The van der Waals surface area contributed by atoms with Crippen LogP contribution in [-0.2, 0) is 12.8 Å². The summed E-state index contributed by atoms with van der Waals surface area (Å²) in [7, 11) is 1.51. The van der Waals surface area contributed by atoms with Crippen molar-refractivity contribution in [3.05, 3.63) is 40.4 Å². The maximum atomic E-state index is 12.7. The smallest absolute Gasteiger partial charge is 0.263 e. The first-order valence-electron chi connectivity index (χ1n) is 8.18. The van der Waals surface area contributed by atoms with Crippen molar-refractivity contribution in [2.45, 2.75) is 33.1 Å². The monoisotopic (exact) mass is 338 g/mol. The van der Waals surface area contributed by atoms with Crippen LogP contribution in [0.2, 0.25) is 0 Å². The van der Waals surface area contributed by atoms with E-state index in [2.05, 4.69) is 20.3 Å². The molecule has 1 N–H and O–H groups in total. The van der Waals surface area contributed by atoms with Crippen LogP contribution in [0.1, 0.15) is 39.5 Å². The Balaban J connectivity index is 1.68. The molecule has 0 unspecified atom stereocenters. The van der Waals surface area contributed by atoms with Gasteiger partial charge in [-0.05, 0) is 50.8 Å². The number of amides is 1. The molecule has 0 saturated heterocycles. The number of nitrogens with zero attached hydrogens (tertiary/aromatic N) is 3. The Morgan fingerprint density at radius 2 is 2.04 bits per heavy atom. The van der Waals surface area contributed by atoms with Gasteiger partial charge in [0.1, 0.15) is 11.3 Å². The second kappa shape index (κ2) is 5.84. The van der Waals surface area contributed by atoms with E-state index >= 15 is 0 Å². The highest BCUT2D eigenvalue weighted by Gasteiger charge is 2.22. The van der Waals surface area contributed by atoms with E-state index in [9.17, 15) is 4.79 Å². The van der Waals surface area contributed by atoms with Crippen LogP contribution in [0.4, 0.5) is 5.95 Å². The molecule has 0 aliphatic heterocycles. The molecule has 0 fully saturated rings. The summed E-state index contributed by atoms with van der Waals surface area (Å²) in [5, 5.41) is 3.57. The summed E-state index contributed by atoms with van der Waals surface area (Å²) in [5.41, 5.74) is 3.70. The molecule has 0 saturated carbocycles. The molecule has 7 heteroatoms. The number of pyridine rings is 1. The Kier molecular flexibility index (Phi) is 3.63. The molecule has 0 spiro atoms. The van der Waals surface area contributed by atoms with Gasteiger partial charge < -0.3 is 9.15 Å². The number of hydrogen-bond donors (Lipinski definition) is 1. The number of aromatic nitrogens is 3. The Morgan fingerprint density at radius 3 is 2.84 bits per heavy atom. The Bertz CT molecular complexity index is 994. The van der Waals surface area contributed by atoms with E-state index in [0.29, 0.717) is 17.2 Å². The van der Waals surface area contributed by atoms with Gasteiger partial charge in [0.05, 0.1) is 18.2 Å². The average molecular weight is 338 g/mol. The number of furan rings is 1. The number of rotatable bonds is 3. The zero-order valence-electron chi connectivity index (χ0n) is 14.3. The number of aryl methyl sites for hydroxylation is 4. The summed E-state index contributed by atoms with van der Waals surface area (Å²) >= 11 is 0. The van der Waals surface area contributed by atoms with E-state index in [4.69, 9.17) is 9.15 Å². The summed E-state index contributed by atoms with van der Waals surface area (Å²) in [5.74, 6) is 0.929. The molecule has 0 aromatic carbocycles. The molecule has 1 aliphatic rings. The molecular formula is C18H18N4O3. The lowest BCUT2D eigenvalue weighted by Crippen LogP contribution is -2.17. The van der Waals surface area contributed by atoms with Crippen LogP contribution < -0.4 is 10.1 Å². The van der Waals surface area contributed by atoms with Gasteiger partial charge in [0.25, 0.3) is 5.91 Å². The summed E-state index contributed by atoms with van der Waals surface area (Å²) in [6.07, 6.45) is 2.90. The maximum absolute atomic E-state index is 12.7. The highest BCUT2D eigenvalue weighted by atomic mass is 16.5. The van der Waals surface area contributed by atoms with Crippen LogP contribution >= 0.6 is 0 Å². The zero-order valence-corrected chi connectivity index (χ0v) is 14.3. The van der Waals surface area contributed by atoms with E-state index in [1.807, 2.05) is 26.0 Å². The van der Waals surface area contributed by atoms with Gasteiger partial charge in [-0.2, -0.15) is 4.98 Å². The van der Waals surface area contributed by atoms with Gasteiger partial charge in [-0.15, -0.1) is 0 Å². The molecule has 0 atom stereocenters. The summed E-state index contributed by atoms with van der Waals surface area (Å²) in [6, 6.07) is 3.73.